The maximum Gasteiger partial charge on any atom is 0.0713 e. The monoisotopic (exact) mass is 265 g/mol. The van der Waals surface area contributed by atoms with Crippen molar-refractivity contribution in [2.45, 2.75) is 12.6 Å². The molecule has 19 heavy (non-hydrogen) atoms. The van der Waals surface area contributed by atoms with Crippen LogP contribution in [0.2, 0.25) is 0 Å². The number of ether oxygens (including phenoxy) is 1. The first-order chi connectivity index (χ1) is 9.08. The summed E-state index contributed by atoms with van der Waals surface area (Å²) in [5.41, 5.74) is 8.39. The molecule has 4 nitrogen and oxygen atoms in total. The van der Waals surface area contributed by atoms with Crippen LogP contribution in [0.4, 0.5) is 0 Å². The lowest BCUT2D eigenvalue weighted by Gasteiger charge is -2.28. The van der Waals surface area contributed by atoms with Crippen molar-refractivity contribution in [3.8, 4) is 0 Å². The third kappa shape index (κ3) is 5.28. The molecule has 0 radical (unpaired) electrons. The predicted octanol–water partition coefficient (Wildman–Crippen LogP) is 1.33. The van der Waals surface area contributed by atoms with Gasteiger partial charge in [-0.2, -0.15) is 0 Å². The van der Waals surface area contributed by atoms with E-state index in [9.17, 15) is 0 Å². The number of nitrogens with zero attached hydrogens (tertiary/aromatic N) is 2. The zero-order chi connectivity index (χ0) is 14.3. The van der Waals surface area contributed by atoms with Crippen molar-refractivity contribution >= 4 is 0 Å². The van der Waals surface area contributed by atoms with Crippen LogP contribution < -0.4 is 5.73 Å². The molecule has 0 aliphatic rings. The van der Waals surface area contributed by atoms with Gasteiger partial charge in [0.05, 0.1) is 6.61 Å². The van der Waals surface area contributed by atoms with Crippen molar-refractivity contribution in [1.29, 1.82) is 0 Å². The minimum atomic E-state index is 0.275. The van der Waals surface area contributed by atoms with Gasteiger partial charge >= 0.3 is 0 Å². The maximum atomic E-state index is 5.93. The van der Waals surface area contributed by atoms with E-state index in [1.54, 1.807) is 7.11 Å². The van der Waals surface area contributed by atoms with Gasteiger partial charge in [0.25, 0.3) is 0 Å². The van der Waals surface area contributed by atoms with Crippen molar-refractivity contribution in [2.24, 2.45) is 5.73 Å². The highest BCUT2D eigenvalue weighted by molar-refractivity contribution is 5.25. The highest BCUT2D eigenvalue weighted by Crippen LogP contribution is 2.18. The van der Waals surface area contributed by atoms with E-state index in [-0.39, 0.29) is 6.04 Å². The van der Waals surface area contributed by atoms with E-state index in [1.807, 2.05) is 0 Å². The van der Waals surface area contributed by atoms with Gasteiger partial charge in [-0.3, -0.25) is 4.90 Å². The molecule has 1 atom stereocenters. The van der Waals surface area contributed by atoms with E-state index >= 15 is 0 Å². The standard InChI is InChI=1S/C15H27N3O/c1-17(2)9-10-18(3)15(11-16)14-7-5-13(6-8-14)12-19-4/h5-8,15H,9-12,16H2,1-4H3. The number of likely N-dealkylation sites (N-methyl/N-ethyl adjacent to an activating group) is 2. The fourth-order valence-corrected chi connectivity index (χ4v) is 2.09. The first-order valence-corrected chi connectivity index (χ1v) is 6.71. The summed E-state index contributed by atoms with van der Waals surface area (Å²) in [7, 11) is 8.02. The Kier molecular flexibility index (Phi) is 7.02. The largest absolute Gasteiger partial charge is 0.380 e. The highest BCUT2D eigenvalue weighted by Gasteiger charge is 2.15. The van der Waals surface area contributed by atoms with Gasteiger partial charge < -0.3 is 15.4 Å². The molecule has 1 unspecified atom stereocenters. The van der Waals surface area contributed by atoms with Crippen molar-refractivity contribution < 1.29 is 4.74 Å². The third-order valence-corrected chi connectivity index (χ3v) is 3.33. The quantitative estimate of drug-likeness (QED) is 0.770. The molecule has 108 valence electrons. The summed E-state index contributed by atoms with van der Waals surface area (Å²) in [5, 5.41) is 0. The van der Waals surface area contributed by atoms with Gasteiger partial charge in [-0.25, -0.2) is 0 Å². The Hall–Kier alpha value is -0.940. The van der Waals surface area contributed by atoms with E-state index in [0.717, 1.165) is 13.1 Å². The molecule has 2 N–H and O–H groups in total. The second-order valence-electron chi connectivity index (χ2n) is 5.21. The average molecular weight is 265 g/mol. The molecule has 0 aliphatic carbocycles. The second kappa shape index (κ2) is 8.27. The van der Waals surface area contributed by atoms with Crippen LogP contribution in [0.1, 0.15) is 17.2 Å². The van der Waals surface area contributed by atoms with Gasteiger partial charge in [-0.15, -0.1) is 0 Å². The van der Waals surface area contributed by atoms with Crippen LogP contribution in [0, 0.1) is 0 Å². The summed E-state index contributed by atoms with van der Waals surface area (Å²) in [4.78, 5) is 4.50. The lowest BCUT2D eigenvalue weighted by Crippen LogP contribution is -2.35. The van der Waals surface area contributed by atoms with Crippen LogP contribution in [0.15, 0.2) is 24.3 Å². The average Bonchev–Trinajstić information content (AvgIpc) is 2.39. The number of nitrogens with two attached hydrogens (primary N) is 1. The summed E-state index contributed by atoms with van der Waals surface area (Å²) in [6.45, 7) is 3.33. The van der Waals surface area contributed by atoms with Crippen molar-refractivity contribution in [3.05, 3.63) is 35.4 Å². The fourth-order valence-electron chi connectivity index (χ4n) is 2.09. The molecular weight excluding hydrogens is 238 g/mol. The number of benzene rings is 1. The summed E-state index contributed by atoms with van der Waals surface area (Å²) in [6, 6.07) is 8.80. The lowest BCUT2D eigenvalue weighted by molar-refractivity contribution is 0.184. The summed E-state index contributed by atoms with van der Waals surface area (Å²) in [6.07, 6.45) is 0. The Balaban J connectivity index is 2.67. The highest BCUT2D eigenvalue weighted by atomic mass is 16.5. The molecule has 1 rings (SSSR count). The van der Waals surface area contributed by atoms with Crippen LogP contribution in [-0.4, -0.2) is 57.7 Å². The molecule has 0 saturated heterocycles. The summed E-state index contributed by atoms with van der Waals surface area (Å²) < 4.78 is 5.13. The smallest absolute Gasteiger partial charge is 0.0713 e. The van der Waals surface area contributed by atoms with E-state index in [2.05, 4.69) is 55.2 Å². The summed E-state index contributed by atoms with van der Waals surface area (Å²) in [5.74, 6) is 0. The van der Waals surface area contributed by atoms with Crippen LogP contribution in [0.5, 0.6) is 0 Å². The minimum absolute atomic E-state index is 0.275. The molecule has 1 aromatic carbocycles. The molecule has 0 amide bonds. The van der Waals surface area contributed by atoms with Crippen molar-refractivity contribution in [2.75, 3.05) is 47.9 Å². The van der Waals surface area contributed by atoms with E-state index in [1.165, 1.54) is 11.1 Å². The zero-order valence-electron chi connectivity index (χ0n) is 12.6. The fraction of sp³-hybridized carbons (Fsp3) is 0.600. The van der Waals surface area contributed by atoms with Gasteiger partial charge in [0.1, 0.15) is 0 Å². The molecule has 0 bridgehead atoms. The van der Waals surface area contributed by atoms with Crippen LogP contribution in [-0.2, 0) is 11.3 Å². The van der Waals surface area contributed by atoms with Crippen LogP contribution >= 0.6 is 0 Å². The molecule has 0 aliphatic heterocycles. The van der Waals surface area contributed by atoms with Crippen molar-refractivity contribution in [1.82, 2.24) is 9.80 Å². The van der Waals surface area contributed by atoms with Crippen LogP contribution in [0.25, 0.3) is 0 Å². The first kappa shape index (κ1) is 16.1. The predicted molar refractivity (Wildman–Crippen MR) is 80.1 cm³/mol. The lowest BCUT2D eigenvalue weighted by atomic mass is 10.0. The third-order valence-electron chi connectivity index (χ3n) is 3.33. The molecule has 0 saturated carbocycles. The van der Waals surface area contributed by atoms with Gasteiger partial charge in [0.2, 0.25) is 0 Å². The van der Waals surface area contributed by atoms with E-state index in [0.29, 0.717) is 13.2 Å². The molecule has 4 heteroatoms. The first-order valence-electron chi connectivity index (χ1n) is 6.71. The zero-order valence-corrected chi connectivity index (χ0v) is 12.6. The van der Waals surface area contributed by atoms with Crippen LogP contribution in [0.3, 0.4) is 0 Å². The normalized spacial score (nSPS) is 13.2. The number of hydrogen-bond donors (Lipinski definition) is 1. The number of rotatable bonds is 8. The van der Waals surface area contributed by atoms with Gasteiger partial charge in [0, 0.05) is 32.8 Å². The molecular formula is C15H27N3O. The Morgan fingerprint density at radius 3 is 2.21 bits per heavy atom. The second-order valence-corrected chi connectivity index (χ2v) is 5.21. The Labute approximate surface area is 117 Å². The minimum Gasteiger partial charge on any atom is -0.380 e. The number of methoxy groups -OCH3 is 1. The maximum absolute atomic E-state index is 5.93. The molecule has 1 aromatic rings. The van der Waals surface area contributed by atoms with Gasteiger partial charge in [-0.05, 0) is 32.3 Å². The van der Waals surface area contributed by atoms with Gasteiger partial charge in [-0.1, -0.05) is 24.3 Å². The molecule has 0 heterocycles. The number of hydrogen-bond acceptors (Lipinski definition) is 4. The summed E-state index contributed by atoms with van der Waals surface area (Å²) >= 11 is 0. The molecule has 0 spiro atoms. The van der Waals surface area contributed by atoms with E-state index in [4.69, 9.17) is 10.5 Å². The SMILES string of the molecule is COCc1ccc(C(CN)N(C)CCN(C)C)cc1. The molecule has 0 aromatic heterocycles. The molecule has 0 fully saturated rings. The van der Waals surface area contributed by atoms with E-state index < -0.39 is 0 Å². The topological polar surface area (TPSA) is 41.7 Å². The Morgan fingerprint density at radius 2 is 1.74 bits per heavy atom. The Bertz CT molecular complexity index is 351. The Morgan fingerprint density at radius 1 is 1.11 bits per heavy atom. The van der Waals surface area contributed by atoms with Gasteiger partial charge in [0.15, 0.2) is 0 Å². The van der Waals surface area contributed by atoms with Crippen molar-refractivity contribution in [3.63, 3.8) is 0 Å².